The highest BCUT2D eigenvalue weighted by molar-refractivity contribution is 5.63. The molecule has 0 bridgehead atoms. The number of imidazole rings is 1. The number of nitrogens with zero attached hydrogens (tertiary/aromatic N) is 2. The number of hydrogen-bond acceptors (Lipinski definition) is 2. The number of fused-ring (bicyclic) bond motifs is 1. The molecule has 3 aromatic rings. The van der Waals surface area contributed by atoms with Crippen molar-refractivity contribution < 1.29 is 0 Å². The lowest BCUT2D eigenvalue weighted by Crippen LogP contribution is -2.08. The molecule has 0 spiro atoms. The van der Waals surface area contributed by atoms with Crippen molar-refractivity contribution in [2.24, 2.45) is 0 Å². The van der Waals surface area contributed by atoms with Gasteiger partial charge in [0, 0.05) is 29.7 Å². The molecule has 3 rings (SSSR count). The van der Waals surface area contributed by atoms with Crippen molar-refractivity contribution in [3.8, 4) is 11.3 Å². The molecular formula is C13H11N3O. The summed E-state index contributed by atoms with van der Waals surface area (Å²) in [6, 6.07) is 7.79. The Kier molecular flexibility index (Phi) is 2.08. The van der Waals surface area contributed by atoms with Crippen LogP contribution in [0.15, 0.2) is 47.7 Å². The molecule has 0 radical (unpaired) electrons. The van der Waals surface area contributed by atoms with Gasteiger partial charge in [0.25, 0.3) is 5.56 Å². The smallest absolute Gasteiger partial charge is 0.250 e. The summed E-state index contributed by atoms with van der Waals surface area (Å²) < 4.78 is 1.99. The van der Waals surface area contributed by atoms with Crippen LogP contribution in [0.1, 0.15) is 5.56 Å². The van der Waals surface area contributed by atoms with Gasteiger partial charge in [-0.15, -0.1) is 0 Å². The van der Waals surface area contributed by atoms with E-state index in [2.05, 4.69) is 9.97 Å². The van der Waals surface area contributed by atoms with Gasteiger partial charge in [-0.2, -0.15) is 0 Å². The maximum atomic E-state index is 11.3. The largest absolute Gasteiger partial charge is 0.328 e. The van der Waals surface area contributed by atoms with Crippen LogP contribution in [0.4, 0.5) is 0 Å². The minimum absolute atomic E-state index is 0.0495. The Morgan fingerprint density at radius 3 is 3.06 bits per heavy atom. The second-order valence-electron chi connectivity index (χ2n) is 3.97. The van der Waals surface area contributed by atoms with Crippen LogP contribution in [0.2, 0.25) is 0 Å². The zero-order chi connectivity index (χ0) is 11.8. The topological polar surface area (TPSA) is 50.2 Å². The summed E-state index contributed by atoms with van der Waals surface area (Å²) in [5.41, 5.74) is 3.54. The second-order valence-corrected chi connectivity index (χ2v) is 3.97. The summed E-state index contributed by atoms with van der Waals surface area (Å²) >= 11 is 0. The lowest BCUT2D eigenvalue weighted by molar-refractivity contribution is 1.15. The molecule has 84 valence electrons. The Hall–Kier alpha value is -2.36. The first-order valence-electron chi connectivity index (χ1n) is 5.37. The van der Waals surface area contributed by atoms with E-state index in [4.69, 9.17) is 0 Å². The number of rotatable bonds is 1. The Morgan fingerprint density at radius 2 is 2.24 bits per heavy atom. The number of H-pyrrole nitrogens is 1. The van der Waals surface area contributed by atoms with E-state index in [9.17, 15) is 4.79 Å². The lowest BCUT2D eigenvalue weighted by atomic mass is 10.1. The van der Waals surface area contributed by atoms with Gasteiger partial charge in [0.15, 0.2) is 0 Å². The van der Waals surface area contributed by atoms with Gasteiger partial charge < -0.3 is 4.98 Å². The summed E-state index contributed by atoms with van der Waals surface area (Å²) in [6.45, 7) is 1.80. The molecule has 17 heavy (non-hydrogen) atoms. The van der Waals surface area contributed by atoms with Crippen LogP contribution in [0.25, 0.3) is 16.9 Å². The predicted molar refractivity (Wildman–Crippen MR) is 66.0 cm³/mol. The third kappa shape index (κ3) is 1.54. The molecule has 0 atom stereocenters. The van der Waals surface area contributed by atoms with Gasteiger partial charge in [-0.3, -0.25) is 9.20 Å². The van der Waals surface area contributed by atoms with Crippen molar-refractivity contribution in [3.63, 3.8) is 0 Å². The molecule has 0 aliphatic carbocycles. The first-order chi connectivity index (χ1) is 8.25. The number of aromatic amines is 1. The van der Waals surface area contributed by atoms with Crippen molar-refractivity contribution in [2.45, 2.75) is 6.92 Å². The van der Waals surface area contributed by atoms with Gasteiger partial charge in [-0.05, 0) is 25.1 Å². The molecule has 0 fully saturated rings. The fraction of sp³-hybridized carbons (Fsp3) is 0.0769. The van der Waals surface area contributed by atoms with Gasteiger partial charge in [0.2, 0.25) is 0 Å². The standard InChI is InChI=1S/C13H11N3O/c1-9-7-10(8-15-13(9)17)11-3-2-4-12-14-5-6-16(11)12/h2-8H,1H3,(H,15,17). The number of aryl methyl sites for hydroxylation is 1. The predicted octanol–water partition coefficient (Wildman–Crippen LogP) is 2.00. The maximum absolute atomic E-state index is 11.3. The van der Waals surface area contributed by atoms with Crippen LogP contribution in [-0.2, 0) is 0 Å². The number of aromatic nitrogens is 3. The molecule has 1 N–H and O–H groups in total. The van der Waals surface area contributed by atoms with Crippen molar-refractivity contribution in [3.05, 3.63) is 58.8 Å². The zero-order valence-electron chi connectivity index (χ0n) is 9.34. The van der Waals surface area contributed by atoms with E-state index in [-0.39, 0.29) is 5.56 Å². The van der Waals surface area contributed by atoms with Gasteiger partial charge in [-0.25, -0.2) is 4.98 Å². The fourth-order valence-electron chi connectivity index (χ4n) is 1.93. The van der Waals surface area contributed by atoms with Crippen LogP contribution in [-0.4, -0.2) is 14.4 Å². The Balaban J connectivity index is 2.30. The highest BCUT2D eigenvalue weighted by Crippen LogP contribution is 2.19. The van der Waals surface area contributed by atoms with Crippen LogP contribution < -0.4 is 5.56 Å². The van der Waals surface area contributed by atoms with E-state index < -0.39 is 0 Å². The molecule has 4 heteroatoms. The second kappa shape index (κ2) is 3.59. The molecule has 0 aliphatic heterocycles. The minimum atomic E-state index is -0.0495. The van der Waals surface area contributed by atoms with Crippen LogP contribution in [0.5, 0.6) is 0 Å². The average molecular weight is 225 g/mol. The maximum Gasteiger partial charge on any atom is 0.250 e. The van der Waals surface area contributed by atoms with E-state index in [1.165, 1.54) is 0 Å². The highest BCUT2D eigenvalue weighted by Gasteiger charge is 2.04. The molecule has 0 aromatic carbocycles. The van der Waals surface area contributed by atoms with Crippen LogP contribution >= 0.6 is 0 Å². The lowest BCUT2D eigenvalue weighted by Gasteiger charge is -2.05. The van der Waals surface area contributed by atoms with Crippen molar-refractivity contribution in [1.82, 2.24) is 14.4 Å². The van der Waals surface area contributed by atoms with Gasteiger partial charge in [0.1, 0.15) is 5.65 Å². The van der Waals surface area contributed by atoms with Gasteiger partial charge in [0.05, 0.1) is 5.69 Å². The first-order valence-corrected chi connectivity index (χ1v) is 5.37. The summed E-state index contributed by atoms with van der Waals surface area (Å²) in [4.78, 5) is 18.3. The number of nitrogens with one attached hydrogen (secondary N) is 1. The fourth-order valence-corrected chi connectivity index (χ4v) is 1.93. The minimum Gasteiger partial charge on any atom is -0.328 e. The number of hydrogen-bond donors (Lipinski definition) is 1. The van der Waals surface area contributed by atoms with E-state index >= 15 is 0 Å². The van der Waals surface area contributed by atoms with Crippen molar-refractivity contribution in [1.29, 1.82) is 0 Å². The summed E-state index contributed by atoms with van der Waals surface area (Å²) in [7, 11) is 0. The van der Waals surface area contributed by atoms with E-state index in [1.54, 1.807) is 19.3 Å². The first kappa shape index (κ1) is 9.84. The molecule has 3 aromatic heterocycles. The summed E-state index contributed by atoms with van der Waals surface area (Å²) in [6.07, 6.45) is 5.40. The molecular weight excluding hydrogens is 214 g/mol. The Labute approximate surface area is 97.6 Å². The number of pyridine rings is 2. The SMILES string of the molecule is Cc1cc(-c2cccc3nccn23)c[nH]c1=O. The van der Waals surface area contributed by atoms with Crippen molar-refractivity contribution >= 4 is 5.65 Å². The molecule has 3 heterocycles. The summed E-state index contributed by atoms with van der Waals surface area (Å²) in [5, 5.41) is 0. The van der Waals surface area contributed by atoms with Crippen LogP contribution in [0, 0.1) is 6.92 Å². The van der Waals surface area contributed by atoms with Crippen LogP contribution in [0.3, 0.4) is 0 Å². The quantitative estimate of drug-likeness (QED) is 0.688. The zero-order valence-corrected chi connectivity index (χ0v) is 9.34. The van der Waals surface area contributed by atoms with E-state index in [0.717, 1.165) is 16.9 Å². The van der Waals surface area contributed by atoms with Gasteiger partial charge >= 0.3 is 0 Å². The van der Waals surface area contributed by atoms with E-state index in [0.29, 0.717) is 5.56 Å². The third-order valence-electron chi connectivity index (χ3n) is 2.81. The van der Waals surface area contributed by atoms with E-state index in [1.807, 2.05) is 34.9 Å². The molecule has 0 aliphatic rings. The monoisotopic (exact) mass is 225 g/mol. The molecule has 0 amide bonds. The summed E-state index contributed by atoms with van der Waals surface area (Å²) in [5.74, 6) is 0. The normalized spacial score (nSPS) is 10.9. The highest BCUT2D eigenvalue weighted by atomic mass is 16.1. The van der Waals surface area contributed by atoms with Gasteiger partial charge in [-0.1, -0.05) is 6.07 Å². The molecule has 0 saturated heterocycles. The molecule has 4 nitrogen and oxygen atoms in total. The Bertz CT molecular complexity index is 740. The average Bonchev–Trinajstić information content (AvgIpc) is 2.80. The Morgan fingerprint density at radius 1 is 1.35 bits per heavy atom. The third-order valence-corrected chi connectivity index (χ3v) is 2.81. The molecule has 0 unspecified atom stereocenters. The molecule has 0 saturated carbocycles. The van der Waals surface area contributed by atoms with Crippen molar-refractivity contribution in [2.75, 3.05) is 0 Å².